The summed E-state index contributed by atoms with van der Waals surface area (Å²) >= 11 is 3.54. The van der Waals surface area contributed by atoms with E-state index in [0.717, 1.165) is 27.9 Å². The number of fused-ring (bicyclic) bond motifs is 5. The highest BCUT2D eigenvalue weighted by Crippen LogP contribution is 2.43. The molecule has 2 aliphatic heterocycles. The maximum atomic E-state index is 13.1. The van der Waals surface area contributed by atoms with E-state index in [1.54, 1.807) is 4.57 Å². The van der Waals surface area contributed by atoms with Crippen molar-refractivity contribution in [2.45, 2.75) is 30.8 Å². The topological polar surface area (TPSA) is 61.2 Å². The van der Waals surface area contributed by atoms with E-state index < -0.39 is 4.32 Å². The predicted octanol–water partition coefficient (Wildman–Crippen LogP) is 3.48. The molecule has 5 nitrogen and oxygen atoms in total. The van der Waals surface area contributed by atoms with Crippen molar-refractivity contribution in [2.24, 2.45) is 0 Å². The molecule has 0 saturated carbocycles. The van der Waals surface area contributed by atoms with E-state index in [-0.39, 0.29) is 18.1 Å². The van der Waals surface area contributed by atoms with Gasteiger partial charge >= 0.3 is 5.97 Å². The number of halogens is 1. The van der Waals surface area contributed by atoms with Crippen molar-refractivity contribution in [3.63, 3.8) is 0 Å². The van der Waals surface area contributed by atoms with Crippen LogP contribution >= 0.6 is 15.9 Å². The molecule has 0 unspecified atom stereocenters. The van der Waals surface area contributed by atoms with Gasteiger partial charge in [0.15, 0.2) is 0 Å². The SMILES string of the molecule is CC[C@]1(Br)C(=O)OCc2c1cc1n(c2=O)Cc2cc3ccccc3nc2-1. The summed E-state index contributed by atoms with van der Waals surface area (Å²) in [6, 6.07) is 11.9. The number of aromatic nitrogens is 2. The van der Waals surface area contributed by atoms with Gasteiger partial charge < -0.3 is 9.30 Å². The van der Waals surface area contributed by atoms with E-state index in [9.17, 15) is 9.59 Å². The first-order valence-corrected chi connectivity index (χ1v) is 9.34. The van der Waals surface area contributed by atoms with Gasteiger partial charge in [0.05, 0.1) is 29.0 Å². The molecule has 2 aromatic heterocycles. The molecule has 0 saturated heterocycles. The van der Waals surface area contributed by atoms with Crippen molar-refractivity contribution in [3.8, 4) is 11.4 Å². The van der Waals surface area contributed by atoms with Crippen LogP contribution in [-0.4, -0.2) is 15.5 Å². The maximum absolute atomic E-state index is 13.1. The molecular formula is C20H15BrN2O3. The lowest BCUT2D eigenvalue weighted by atomic mass is 9.90. The second-order valence-corrected chi connectivity index (χ2v) is 8.09. The Bertz CT molecular complexity index is 1170. The van der Waals surface area contributed by atoms with Crippen LogP contribution in [0.5, 0.6) is 0 Å². The molecule has 26 heavy (non-hydrogen) atoms. The molecule has 1 atom stereocenters. The summed E-state index contributed by atoms with van der Waals surface area (Å²) in [5.41, 5.74) is 4.64. The lowest BCUT2D eigenvalue weighted by Crippen LogP contribution is -2.40. The predicted molar refractivity (Wildman–Crippen MR) is 101 cm³/mol. The average Bonchev–Trinajstić information content (AvgIpc) is 3.01. The Morgan fingerprint density at radius 3 is 2.88 bits per heavy atom. The van der Waals surface area contributed by atoms with Crippen LogP contribution in [0.3, 0.4) is 0 Å². The second kappa shape index (κ2) is 5.27. The van der Waals surface area contributed by atoms with Crippen LogP contribution in [0.2, 0.25) is 0 Å². The molecule has 3 aromatic rings. The van der Waals surface area contributed by atoms with Crippen LogP contribution in [0.25, 0.3) is 22.3 Å². The highest BCUT2D eigenvalue weighted by Gasteiger charge is 2.44. The number of rotatable bonds is 1. The van der Waals surface area contributed by atoms with Crippen molar-refractivity contribution in [2.75, 3.05) is 0 Å². The van der Waals surface area contributed by atoms with Gasteiger partial charge in [-0.1, -0.05) is 41.1 Å². The molecule has 4 heterocycles. The number of carbonyl (C=O) groups is 1. The van der Waals surface area contributed by atoms with Crippen LogP contribution in [0.15, 0.2) is 41.2 Å². The number of para-hydroxylation sites is 1. The molecule has 0 radical (unpaired) electrons. The zero-order valence-electron chi connectivity index (χ0n) is 14.1. The standard InChI is InChI=1S/C20H15BrN2O3/c1-2-20(21)14-8-16-17-12(7-11-5-3-4-6-15(11)22-17)9-23(16)18(24)13(14)10-26-19(20)25/h3-8H,2,9-10H2,1H3/t20-/m1/s1. The molecule has 0 amide bonds. The lowest BCUT2D eigenvalue weighted by molar-refractivity contribution is -0.149. The number of hydrogen-bond donors (Lipinski definition) is 0. The smallest absolute Gasteiger partial charge is 0.327 e. The third kappa shape index (κ3) is 1.93. The monoisotopic (exact) mass is 410 g/mol. The normalized spacial score (nSPS) is 20.5. The fraction of sp³-hybridized carbons (Fsp3) is 0.250. The van der Waals surface area contributed by atoms with Crippen LogP contribution in [0.1, 0.15) is 30.0 Å². The van der Waals surface area contributed by atoms with Gasteiger partial charge in [-0.05, 0) is 30.2 Å². The Hall–Kier alpha value is -2.47. The molecule has 0 aliphatic carbocycles. The van der Waals surface area contributed by atoms with Gasteiger partial charge in [-0.3, -0.25) is 9.59 Å². The highest BCUT2D eigenvalue weighted by atomic mass is 79.9. The first-order chi connectivity index (χ1) is 12.5. The zero-order valence-corrected chi connectivity index (χ0v) is 15.7. The maximum Gasteiger partial charge on any atom is 0.327 e. The fourth-order valence-corrected chi connectivity index (χ4v) is 4.37. The van der Waals surface area contributed by atoms with Gasteiger partial charge in [-0.25, -0.2) is 4.98 Å². The summed E-state index contributed by atoms with van der Waals surface area (Å²) in [6.45, 7) is 2.41. The summed E-state index contributed by atoms with van der Waals surface area (Å²) in [7, 11) is 0. The van der Waals surface area contributed by atoms with Crippen molar-refractivity contribution < 1.29 is 9.53 Å². The quantitative estimate of drug-likeness (QED) is 0.356. The third-order valence-corrected chi connectivity index (χ3v) is 6.67. The zero-order chi connectivity index (χ0) is 18.1. The summed E-state index contributed by atoms with van der Waals surface area (Å²) in [5, 5.41) is 1.05. The van der Waals surface area contributed by atoms with Crippen molar-refractivity contribution >= 4 is 32.8 Å². The number of alkyl halides is 1. The summed E-state index contributed by atoms with van der Waals surface area (Å²) in [5.74, 6) is -0.346. The summed E-state index contributed by atoms with van der Waals surface area (Å²) in [4.78, 5) is 30.2. The minimum absolute atomic E-state index is 0.0202. The molecule has 0 spiro atoms. The highest BCUT2D eigenvalue weighted by molar-refractivity contribution is 9.10. The first kappa shape index (κ1) is 15.8. The summed E-state index contributed by atoms with van der Waals surface area (Å²) < 4.78 is 6.03. The lowest BCUT2D eigenvalue weighted by Gasteiger charge is -2.31. The van der Waals surface area contributed by atoms with Gasteiger partial charge in [0, 0.05) is 10.9 Å². The van der Waals surface area contributed by atoms with Crippen molar-refractivity contribution in [1.29, 1.82) is 0 Å². The Morgan fingerprint density at radius 2 is 2.08 bits per heavy atom. The van der Waals surface area contributed by atoms with E-state index in [4.69, 9.17) is 9.72 Å². The Labute approximate surface area is 157 Å². The minimum atomic E-state index is -0.977. The minimum Gasteiger partial charge on any atom is -0.459 e. The molecule has 6 heteroatoms. The number of esters is 1. The van der Waals surface area contributed by atoms with E-state index in [1.165, 1.54) is 0 Å². The van der Waals surface area contributed by atoms with Crippen LogP contribution < -0.4 is 5.56 Å². The number of nitrogens with zero attached hydrogens (tertiary/aromatic N) is 2. The van der Waals surface area contributed by atoms with E-state index in [2.05, 4.69) is 22.0 Å². The van der Waals surface area contributed by atoms with Gasteiger partial charge in [0.2, 0.25) is 0 Å². The van der Waals surface area contributed by atoms with E-state index in [1.807, 2.05) is 37.3 Å². The summed E-state index contributed by atoms with van der Waals surface area (Å²) in [6.07, 6.45) is 0.500. The van der Waals surface area contributed by atoms with E-state index in [0.29, 0.717) is 24.1 Å². The van der Waals surface area contributed by atoms with E-state index >= 15 is 0 Å². The Kier molecular flexibility index (Phi) is 3.19. The first-order valence-electron chi connectivity index (χ1n) is 8.55. The van der Waals surface area contributed by atoms with Crippen LogP contribution in [0, 0.1) is 0 Å². The third-order valence-electron chi connectivity index (χ3n) is 5.36. The van der Waals surface area contributed by atoms with Gasteiger partial charge in [0.1, 0.15) is 10.9 Å². The molecular weight excluding hydrogens is 396 g/mol. The molecule has 0 bridgehead atoms. The number of benzene rings is 1. The van der Waals surface area contributed by atoms with Crippen molar-refractivity contribution in [1.82, 2.24) is 9.55 Å². The molecule has 2 aliphatic rings. The van der Waals surface area contributed by atoms with Crippen LogP contribution in [-0.2, 0) is 27.0 Å². The Balaban J connectivity index is 1.81. The molecule has 1 aromatic carbocycles. The number of ether oxygens (including phenoxy) is 1. The van der Waals surface area contributed by atoms with Gasteiger partial charge in [-0.2, -0.15) is 0 Å². The van der Waals surface area contributed by atoms with Gasteiger partial charge in [-0.15, -0.1) is 0 Å². The van der Waals surface area contributed by atoms with Crippen LogP contribution in [0.4, 0.5) is 0 Å². The number of pyridine rings is 2. The van der Waals surface area contributed by atoms with Gasteiger partial charge in [0.25, 0.3) is 5.56 Å². The molecule has 0 fully saturated rings. The molecule has 130 valence electrons. The number of carbonyl (C=O) groups excluding carboxylic acids is 1. The average molecular weight is 411 g/mol. The number of hydrogen-bond acceptors (Lipinski definition) is 4. The molecule has 5 rings (SSSR count). The van der Waals surface area contributed by atoms with Crippen molar-refractivity contribution in [3.05, 3.63) is 63.4 Å². The molecule has 0 N–H and O–H groups in total. The fourth-order valence-electron chi connectivity index (χ4n) is 3.90. The Morgan fingerprint density at radius 1 is 1.27 bits per heavy atom. The second-order valence-electron chi connectivity index (χ2n) is 6.73. The number of cyclic esters (lactones) is 1. The largest absolute Gasteiger partial charge is 0.459 e.